The largest absolute Gasteiger partial charge is 0.353 e. The van der Waals surface area contributed by atoms with Gasteiger partial charge in [-0.1, -0.05) is 11.6 Å². The van der Waals surface area contributed by atoms with Gasteiger partial charge in [0.2, 0.25) is 21.8 Å². The van der Waals surface area contributed by atoms with Gasteiger partial charge in [-0.2, -0.15) is 0 Å². The highest BCUT2D eigenvalue weighted by Crippen LogP contribution is 2.13. The Bertz CT molecular complexity index is 766. The molecule has 0 radical (unpaired) electrons. The average Bonchev–Trinajstić information content (AvgIpc) is 2.72. The number of urea groups is 1. The highest BCUT2D eigenvalue weighted by molar-refractivity contribution is 7.89. The number of benzene rings is 1. The van der Waals surface area contributed by atoms with E-state index >= 15 is 0 Å². The molecule has 1 saturated heterocycles. The quantitative estimate of drug-likeness (QED) is 0.497. The van der Waals surface area contributed by atoms with Gasteiger partial charge in [0.25, 0.3) is 0 Å². The summed E-state index contributed by atoms with van der Waals surface area (Å²) in [5.74, 6) is -0.945. The molecule has 0 spiro atoms. The van der Waals surface area contributed by atoms with E-state index in [2.05, 4.69) is 20.7 Å². The van der Waals surface area contributed by atoms with Gasteiger partial charge < -0.3 is 10.6 Å². The van der Waals surface area contributed by atoms with Crippen molar-refractivity contribution in [3.63, 3.8) is 0 Å². The van der Waals surface area contributed by atoms with Gasteiger partial charge in [0.15, 0.2) is 0 Å². The molecule has 1 aromatic rings. The summed E-state index contributed by atoms with van der Waals surface area (Å²) >= 11 is 5.71. The summed E-state index contributed by atoms with van der Waals surface area (Å²) in [6.07, 6.45) is 0.208. The molecule has 1 aromatic carbocycles. The standard InChI is InChI=1S/C14H17ClN4O5S/c15-9-1-3-10(4-2-9)25(23,24)17-8-7-16-13(21)11-5-6-12(20)19-14(22)18-11/h1-4,11,17H,5-8H2,(H,16,21)(H2,18,19,20,22)/t11-/m1/s1. The molecule has 4 amide bonds. The molecule has 0 aliphatic carbocycles. The smallest absolute Gasteiger partial charge is 0.322 e. The number of amides is 4. The highest BCUT2D eigenvalue weighted by atomic mass is 35.5. The van der Waals surface area contributed by atoms with Crippen LogP contribution in [0.4, 0.5) is 4.79 Å². The van der Waals surface area contributed by atoms with Gasteiger partial charge in [0, 0.05) is 24.5 Å². The van der Waals surface area contributed by atoms with E-state index in [4.69, 9.17) is 11.6 Å². The Morgan fingerprint density at radius 3 is 2.56 bits per heavy atom. The zero-order chi connectivity index (χ0) is 18.4. The SMILES string of the molecule is O=C1CC[C@H](C(=O)NCCNS(=O)(=O)c2ccc(Cl)cc2)NC(=O)N1. The first-order valence-corrected chi connectivity index (χ1v) is 9.27. The van der Waals surface area contributed by atoms with Crippen LogP contribution >= 0.6 is 11.6 Å². The summed E-state index contributed by atoms with van der Waals surface area (Å²) in [5.41, 5.74) is 0. The molecule has 4 N–H and O–H groups in total. The van der Waals surface area contributed by atoms with Crippen LogP contribution in [0, 0.1) is 0 Å². The van der Waals surface area contributed by atoms with Crippen molar-refractivity contribution in [1.29, 1.82) is 0 Å². The lowest BCUT2D eigenvalue weighted by molar-refractivity contribution is -0.123. The van der Waals surface area contributed by atoms with Gasteiger partial charge >= 0.3 is 6.03 Å². The Labute approximate surface area is 149 Å². The summed E-state index contributed by atoms with van der Waals surface area (Å²) in [4.78, 5) is 34.6. The molecule has 9 nitrogen and oxygen atoms in total. The van der Waals surface area contributed by atoms with Gasteiger partial charge in [-0.3, -0.25) is 14.9 Å². The van der Waals surface area contributed by atoms with Crippen molar-refractivity contribution in [3.05, 3.63) is 29.3 Å². The molecule has 1 atom stereocenters. The molecule has 25 heavy (non-hydrogen) atoms. The fraction of sp³-hybridized carbons (Fsp3) is 0.357. The molecule has 1 heterocycles. The first kappa shape index (κ1) is 19.2. The number of hydrogen-bond donors (Lipinski definition) is 4. The molecule has 0 saturated carbocycles. The number of nitrogens with one attached hydrogen (secondary N) is 4. The Morgan fingerprint density at radius 1 is 1.20 bits per heavy atom. The van der Waals surface area contributed by atoms with Crippen LogP contribution in [0.1, 0.15) is 12.8 Å². The summed E-state index contributed by atoms with van der Waals surface area (Å²) in [7, 11) is -3.71. The van der Waals surface area contributed by atoms with E-state index in [-0.39, 0.29) is 30.8 Å². The van der Waals surface area contributed by atoms with Crippen molar-refractivity contribution in [2.45, 2.75) is 23.8 Å². The van der Waals surface area contributed by atoms with E-state index in [1.165, 1.54) is 24.3 Å². The Hall–Kier alpha value is -2.17. The van der Waals surface area contributed by atoms with Crippen LogP contribution < -0.4 is 20.7 Å². The van der Waals surface area contributed by atoms with Crippen molar-refractivity contribution in [3.8, 4) is 0 Å². The third kappa shape index (κ3) is 5.69. The van der Waals surface area contributed by atoms with Crippen LogP contribution in [0.3, 0.4) is 0 Å². The average molecular weight is 389 g/mol. The van der Waals surface area contributed by atoms with Crippen molar-refractivity contribution in [2.24, 2.45) is 0 Å². The fourth-order valence-electron chi connectivity index (χ4n) is 2.12. The van der Waals surface area contributed by atoms with Crippen LogP contribution in [0.2, 0.25) is 5.02 Å². The van der Waals surface area contributed by atoms with Gasteiger partial charge in [0.1, 0.15) is 6.04 Å². The van der Waals surface area contributed by atoms with Gasteiger partial charge in [-0.25, -0.2) is 17.9 Å². The van der Waals surface area contributed by atoms with Crippen molar-refractivity contribution < 1.29 is 22.8 Å². The molecule has 1 aliphatic rings. The molecule has 11 heteroatoms. The lowest BCUT2D eigenvalue weighted by Gasteiger charge is -2.15. The lowest BCUT2D eigenvalue weighted by atomic mass is 10.1. The zero-order valence-electron chi connectivity index (χ0n) is 13.0. The van der Waals surface area contributed by atoms with Crippen LogP contribution in [0.5, 0.6) is 0 Å². The molecule has 2 rings (SSSR count). The summed E-state index contributed by atoms with van der Waals surface area (Å²) in [5, 5.41) is 7.36. The zero-order valence-corrected chi connectivity index (χ0v) is 14.6. The molecule has 0 bridgehead atoms. The van der Waals surface area contributed by atoms with Crippen LogP contribution in [0.25, 0.3) is 0 Å². The summed E-state index contributed by atoms with van der Waals surface area (Å²) in [6.45, 7) is -0.00601. The van der Waals surface area contributed by atoms with E-state index in [0.29, 0.717) is 5.02 Å². The number of rotatable bonds is 6. The summed E-state index contributed by atoms with van der Waals surface area (Å²) < 4.78 is 26.4. The second kappa shape index (κ2) is 8.28. The molecule has 1 aliphatic heterocycles. The molecule has 0 unspecified atom stereocenters. The predicted octanol–water partition coefficient (Wildman–Crippen LogP) is -0.277. The van der Waals surface area contributed by atoms with Gasteiger partial charge in [0.05, 0.1) is 4.90 Å². The highest BCUT2D eigenvalue weighted by Gasteiger charge is 2.25. The third-order valence-electron chi connectivity index (χ3n) is 3.38. The first-order valence-electron chi connectivity index (χ1n) is 7.41. The van der Waals surface area contributed by atoms with Gasteiger partial charge in [-0.05, 0) is 30.7 Å². The van der Waals surface area contributed by atoms with E-state index in [1.807, 2.05) is 0 Å². The number of imide groups is 1. The van der Waals surface area contributed by atoms with Crippen molar-refractivity contribution in [2.75, 3.05) is 13.1 Å². The third-order valence-corrected chi connectivity index (χ3v) is 5.10. The van der Waals surface area contributed by atoms with E-state index < -0.39 is 33.9 Å². The topological polar surface area (TPSA) is 133 Å². The maximum Gasteiger partial charge on any atom is 0.322 e. The molecule has 1 fully saturated rings. The summed E-state index contributed by atoms with van der Waals surface area (Å²) in [6, 6.07) is 4.08. The predicted molar refractivity (Wildman–Crippen MR) is 89.3 cm³/mol. The molecular weight excluding hydrogens is 372 g/mol. The Morgan fingerprint density at radius 2 is 1.88 bits per heavy atom. The second-order valence-electron chi connectivity index (χ2n) is 5.26. The van der Waals surface area contributed by atoms with E-state index in [9.17, 15) is 22.8 Å². The minimum absolute atomic E-state index is 0.0272. The van der Waals surface area contributed by atoms with E-state index in [1.54, 1.807) is 0 Å². The number of carbonyl (C=O) groups is 3. The minimum atomic E-state index is -3.71. The van der Waals surface area contributed by atoms with Gasteiger partial charge in [-0.15, -0.1) is 0 Å². The minimum Gasteiger partial charge on any atom is -0.353 e. The van der Waals surface area contributed by atoms with Crippen LogP contribution in [-0.2, 0) is 19.6 Å². The number of sulfonamides is 1. The monoisotopic (exact) mass is 388 g/mol. The Balaban J connectivity index is 1.80. The maximum atomic E-state index is 12.0. The second-order valence-corrected chi connectivity index (χ2v) is 7.46. The van der Waals surface area contributed by atoms with Crippen LogP contribution in [0.15, 0.2) is 29.2 Å². The molecule has 0 aromatic heterocycles. The maximum absolute atomic E-state index is 12.0. The molecular formula is C14H17ClN4O5S. The lowest BCUT2D eigenvalue weighted by Crippen LogP contribution is -2.49. The number of carbonyl (C=O) groups excluding carboxylic acids is 3. The number of halogens is 1. The van der Waals surface area contributed by atoms with Crippen LogP contribution in [-0.4, -0.2) is 45.4 Å². The van der Waals surface area contributed by atoms with Crippen molar-refractivity contribution >= 4 is 39.5 Å². The first-order chi connectivity index (χ1) is 11.8. The van der Waals surface area contributed by atoms with E-state index in [0.717, 1.165) is 0 Å². The normalized spacial score (nSPS) is 18.0. The Kier molecular flexibility index (Phi) is 6.34. The molecule has 136 valence electrons. The number of hydrogen-bond acceptors (Lipinski definition) is 5. The van der Waals surface area contributed by atoms with Crippen molar-refractivity contribution in [1.82, 2.24) is 20.7 Å². The fourth-order valence-corrected chi connectivity index (χ4v) is 3.28.